The SMILES string of the molecule is CS(=O)(=O)Cc1noc([C@H]2Cc3ccccc3CN2)n1. The molecule has 106 valence electrons. The summed E-state index contributed by atoms with van der Waals surface area (Å²) >= 11 is 0. The van der Waals surface area contributed by atoms with E-state index in [2.05, 4.69) is 27.6 Å². The van der Waals surface area contributed by atoms with E-state index in [1.54, 1.807) is 0 Å². The number of benzene rings is 1. The summed E-state index contributed by atoms with van der Waals surface area (Å²) < 4.78 is 27.6. The Morgan fingerprint density at radius 3 is 2.85 bits per heavy atom. The van der Waals surface area contributed by atoms with Crippen molar-refractivity contribution in [2.75, 3.05) is 6.26 Å². The topological polar surface area (TPSA) is 85.1 Å². The van der Waals surface area contributed by atoms with Gasteiger partial charge in [0.15, 0.2) is 15.7 Å². The third-order valence-electron chi connectivity index (χ3n) is 3.25. The fourth-order valence-electron chi connectivity index (χ4n) is 2.33. The number of nitrogens with one attached hydrogen (secondary N) is 1. The van der Waals surface area contributed by atoms with Crippen molar-refractivity contribution in [1.82, 2.24) is 15.5 Å². The van der Waals surface area contributed by atoms with Gasteiger partial charge in [-0.1, -0.05) is 29.4 Å². The predicted octanol–water partition coefficient (Wildman–Crippen LogP) is 1.00. The molecule has 1 aromatic heterocycles. The molecule has 0 aliphatic carbocycles. The molecule has 7 heteroatoms. The van der Waals surface area contributed by atoms with E-state index in [4.69, 9.17) is 4.52 Å². The fourth-order valence-corrected chi connectivity index (χ4v) is 2.92. The molecule has 0 fully saturated rings. The minimum Gasteiger partial charge on any atom is -0.338 e. The number of rotatable bonds is 3. The van der Waals surface area contributed by atoms with Gasteiger partial charge in [-0.3, -0.25) is 0 Å². The molecule has 0 saturated carbocycles. The third kappa shape index (κ3) is 2.88. The summed E-state index contributed by atoms with van der Waals surface area (Å²) in [5.41, 5.74) is 2.51. The molecule has 1 aliphatic rings. The number of sulfone groups is 1. The second-order valence-electron chi connectivity index (χ2n) is 5.03. The summed E-state index contributed by atoms with van der Waals surface area (Å²) in [6.45, 7) is 0.741. The molecule has 0 bridgehead atoms. The van der Waals surface area contributed by atoms with Crippen LogP contribution in [-0.2, 0) is 28.6 Å². The molecule has 0 unspecified atom stereocenters. The van der Waals surface area contributed by atoms with Crippen molar-refractivity contribution in [2.45, 2.75) is 24.8 Å². The van der Waals surface area contributed by atoms with Crippen LogP contribution in [0.4, 0.5) is 0 Å². The van der Waals surface area contributed by atoms with Gasteiger partial charge in [0.1, 0.15) is 5.75 Å². The monoisotopic (exact) mass is 293 g/mol. The van der Waals surface area contributed by atoms with Gasteiger partial charge in [0.25, 0.3) is 0 Å². The highest BCUT2D eigenvalue weighted by Crippen LogP contribution is 2.24. The van der Waals surface area contributed by atoms with Gasteiger partial charge >= 0.3 is 0 Å². The van der Waals surface area contributed by atoms with Crippen molar-refractivity contribution >= 4 is 9.84 Å². The van der Waals surface area contributed by atoms with E-state index in [0.29, 0.717) is 5.89 Å². The van der Waals surface area contributed by atoms with Crippen LogP contribution in [0.3, 0.4) is 0 Å². The zero-order chi connectivity index (χ0) is 14.2. The van der Waals surface area contributed by atoms with Crippen LogP contribution in [0, 0.1) is 0 Å². The fraction of sp³-hybridized carbons (Fsp3) is 0.385. The Morgan fingerprint density at radius 2 is 2.10 bits per heavy atom. The van der Waals surface area contributed by atoms with Gasteiger partial charge < -0.3 is 9.84 Å². The Morgan fingerprint density at radius 1 is 1.35 bits per heavy atom. The third-order valence-corrected chi connectivity index (χ3v) is 4.04. The summed E-state index contributed by atoms with van der Waals surface area (Å²) in [6.07, 6.45) is 1.91. The highest BCUT2D eigenvalue weighted by atomic mass is 32.2. The van der Waals surface area contributed by atoms with Crippen molar-refractivity contribution in [3.05, 3.63) is 47.1 Å². The number of aromatic nitrogens is 2. The molecular weight excluding hydrogens is 278 g/mol. The first kappa shape index (κ1) is 13.3. The smallest absolute Gasteiger partial charge is 0.244 e. The van der Waals surface area contributed by atoms with Crippen LogP contribution < -0.4 is 5.32 Å². The maximum atomic E-state index is 11.2. The number of nitrogens with zero attached hydrogens (tertiary/aromatic N) is 2. The quantitative estimate of drug-likeness (QED) is 0.908. The van der Waals surface area contributed by atoms with E-state index >= 15 is 0 Å². The van der Waals surface area contributed by atoms with Crippen LogP contribution in [0.15, 0.2) is 28.8 Å². The Kier molecular flexibility index (Phi) is 3.31. The van der Waals surface area contributed by atoms with Gasteiger partial charge in [0.2, 0.25) is 5.89 Å². The molecule has 1 N–H and O–H groups in total. The average molecular weight is 293 g/mol. The van der Waals surface area contributed by atoms with E-state index < -0.39 is 9.84 Å². The lowest BCUT2D eigenvalue weighted by Crippen LogP contribution is -2.28. The zero-order valence-electron chi connectivity index (χ0n) is 11.0. The van der Waals surface area contributed by atoms with Crippen LogP contribution >= 0.6 is 0 Å². The molecule has 0 amide bonds. The Hall–Kier alpha value is -1.73. The van der Waals surface area contributed by atoms with Gasteiger partial charge in [-0.15, -0.1) is 0 Å². The van der Waals surface area contributed by atoms with Crippen molar-refractivity contribution < 1.29 is 12.9 Å². The molecule has 2 aromatic rings. The summed E-state index contributed by atoms with van der Waals surface area (Å²) in [4.78, 5) is 4.17. The van der Waals surface area contributed by atoms with Gasteiger partial charge in [-0.2, -0.15) is 4.98 Å². The highest BCUT2D eigenvalue weighted by Gasteiger charge is 2.24. The summed E-state index contributed by atoms with van der Waals surface area (Å²) in [6, 6.07) is 8.12. The lowest BCUT2D eigenvalue weighted by atomic mass is 9.96. The van der Waals surface area contributed by atoms with Gasteiger partial charge in [-0.05, 0) is 17.5 Å². The van der Waals surface area contributed by atoms with Crippen molar-refractivity contribution in [3.63, 3.8) is 0 Å². The lowest BCUT2D eigenvalue weighted by Gasteiger charge is -2.23. The Labute approximate surface area is 117 Å². The number of hydrogen-bond acceptors (Lipinski definition) is 6. The minimum absolute atomic E-state index is 0.0642. The molecule has 2 heterocycles. The maximum Gasteiger partial charge on any atom is 0.244 e. The molecule has 3 rings (SSSR count). The zero-order valence-corrected chi connectivity index (χ0v) is 11.9. The lowest BCUT2D eigenvalue weighted by molar-refractivity contribution is 0.319. The van der Waals surface area contributed by atoms with Gasteiger partial charge in [-0.25, -0.2) is 8.42 Å². The van der Waals surface area contributed by atoms with Crippen LogP contribution in [0.25, 0.3) is 0 Å². The van der Waals surface area contributed by atoms with E-state index in [0.717, 1.165) is 19.2 Å². The van der Waals surface area contributed by atoms with E-state index in [1.807, 2.05) is 12.1 Å². The molecule has 1 aliphatic heterocycles. The maximum absolute atomic E-state index is 11.2. The summed E-state index contributed by atoms with van der Waals surface area (Å²) in [7, 11) is -3.15. The molecule has 1 aromatic carbocycles. The normalized spacial score (nSPS) is 18.8. The second-order valence-corrected chi connectivity index (χ2v) is 7.17. The molecule has 6 nitrogen and oxygen atoms in total. The Balaban J connectivity index is 1.78. The molecule has 0 saturated heterocycles. The highest BCUT2D eigenvalue weighted by molar-refractivity contribution is 7.89. The Bertz CT molecular complexity index is 724. The van der Waals surface area contributed by atoms with Crippen molar-refractivity contribution in [2.24, 2.45) is 0 Å². The first-order chi connectivity index (χ1) is 9.51. The molecule has 20 heavy (non-hydrogen) atoms. The molecule has 1 atom stereocenters. The van der Waals surface area contributed by atoms with Gasteiger partial charge in [0, 0.05) is 12.8 Å². The minimum atomic E-state index is -3.15. The molecule has 0 spiro atoms. The van der Waals surface area contributed by atoms with E-state index in [9.17, 15) is 8.42 Å². The molecule has 0 radical (unpaired) electrons. The van der Waals surface area contributed by atoms with Crippen molar-refractivity contribution in [3.8, 4) is 0 Å². The van der Waals surface area contributed by atoms with Gasteiger partial charge in [0.05, 0.1) is 6.04 Å². The second kappa shape index (κ2) is 4.99. The van der Waals surface area contributed by atoms with E-state index in [-0.39, 0.29) is 17.6 Å². The average Bonchev–Trinajstić information content (AvgIpc) is 2.84. The number of fused-ring (bicyclic) bond motifs is 1. The first-order valence-corrected chi connectivity index (χ1v) is 8.38. The molecular formula is C13H15N3O3S. The summed E-state index contributed by atoms with van der Waals surface area (Å²) in [5, 5.41) is 7.05. The van der Waals surface area contributed by atoms with Crippen LogP contribution in [0.5, 0.6) is 0 Å². The van der Waals surface area contributed by atoms with Crippen LogP contribution in [-0.4, -0.2) is 24.8 Å². The van der Waals surface area contributed by atoms with Crippen LogP contribution in [0.2, 0.25) is 0 Å². The first-order valence-electron chi connectivity index (χ1n) is 6.31. The van der Waals surface area contributed by atoms with E-state index in [1.165, 1.54) is 11.1 Å². The van der Waals surface area contributed by atoms with Crippen LogP contribution in [0.1, 0.15) is 28.9 Å². The largest absolute Gasteiger partial charge is 0.338 e. The predicted molar refractivity (Wildman–Crippen MR) is 72.6 cm³/mol. The standard InChI is InChI=1S/C13H15N3O3S/c1-20(17,18)8-12-15-13(19-16-12)11-6-9-4-2-3-5-10(9)7-14-11/h2-5,11,14H,6-8H2,1H3/t11-/m1/s1. The van der Waals surface area contributed by atoms with Crippen molar-refractivity contribution in [1.29, 1.82) is 0 Å². The number of hydrogen-bond donors (Lipinski definition) is 1. The summed E-state index contributed by atoms with van der Waals surface area (Å²) in [5.74, 6) is 0.459.